The first kappa shape index (κ1) is 27.4. The Bertz CT molecular complexity index is 1420. The van der Waals surface area contributed by atoms with Gasteiger partial charge in [-0.15, -0.1) is 0 Å². The highest BCUT2D eigenvalue weighted by molar-refractivity contribution is 6.28. The molecular weight excluding hydrogens is 535 g/mol. The number of aliphatic hydroxyl groups is 2. The van der Waals surface area contributed by atoms with Crippen LogP contribution in [0.1, 0.15) is 43.2 Å². The van der Waals surface area contributed by atoms with Crippen LogP contribution >= 0.6 is 0 Å². The summed E-state index contributed by atoms with van der Waals surface area (Å²) in [4.78, 5) is 56.1. The molecule has 3 fully saturated rings. The van der Waals surface area contributed by atoms with Gasteiger partial charge in [0.05, 0.1) is 29.8 Å². The maximum absolute atomic E-state index is 15.5. The van der Waals surface area contributed by atoms with E-state index in [0.717, 1.165) is 44.8 Å². The first-order chi connectivity index (χ1) is 19.6. The summed E-state index contributed by atoms with van der Waals surface area (Å²) in [5.74, 6) is -8.43. The van der Waals surface area contributed by atoms with Gasteiger partial charge in [0.1, 0.15) is 22.9 Å². The summed E-state index contributed by atoms with van der Waals surface area (Å²) in [5.41, 5.74) is 4.19. The van der Waals surface area contributed by atoms with Gasteiger partial charge in [-0.1, -0.05) is 0 Å². The fourth-order valence-corrected chi connectivity index (χ4v) is 7.55. The number of benzene rings is 1. The molecule has 0 bridgehead atoms. The number of ketones is 2. The molecule has 0 unspecified atom stereocenters. The summed E-state index contributed by atoms with van der Waals surface area (Å²) in [6.07, 6.45) is 3.76. The number of likely N-dealkylation sites (tertiary alicyclic amines) is 2. The summed E-state index contributed by atoms with van der Waals surface area (Å²) in [5, 5.41) is 36.0. The molecule has 6 N–H and O–H groups in total. The minimum Gasteiger partial charge on any atom is -0.510 e. The molecule has 2 heterocycles. The number of carbonyl (C=O) groups excluding carboxylic acids is 4. The van der Waals surface area contributed by atoms with Crippen molar-refractivity contribution in [2.75, 3.05) is 38.0 Å². The second kappa shape index (κ2) is 10.3. The van der Waals surface area contributed by atoms with Crippen molar-refractivity contribution in [3.8, 4) is 5.75 Å². The SMILES string of the molecule is NC(=O)C1=C(O)[C@@H](N2CCCC2)[C@@H]2C[C@@H]3Cc4c(F)cc(NC(=O)CN5CCCC5)c(O)c4C(O)=C3C(=O)[C@@H]2C1=O. The van der Waals surface area contributed by atoms with Gasteiger partial charge in [-0.2, -0.15) is 0 Å². The number of hydrogen-bond acceptors (Lipinski definition) is 9. The van der Waals surface area contributed by atoms with E-state index in [1.165, 1.54) is 0 Å². The molecule has 5 aliphatic rings. The van der Waals surface area contributed by atoms with Crippen molar-refractivity contribution in [3.63, 3.8) is 0 Å². The molecule has 12 heteroatoms. The Kier molecular flexibility index (Phi) is 6.85. The van der Waals surface area contributed by atoms with E-state index in [4.69, 9.17) is 5.73 Å². The van der Waals surface area contributed by atoms with Gasteiger partial charge < -0.3 is 26.4 Å². The molecular formula is C29H33FN4O7. The number of nitrogens with two attached hydrogens (primary N) is 1. The third-order valence-corrected chi connectivity index (χ3v) is 9.33. The highest BCUT2D eigenvalue weighted by atomic mass is 19.1. The zero-order chi connectivity index (χ0) is 29.2. The lowest BCUT2D eigenvalue weighted by atomic mass is 9.59. The van der Waals surface area contributed by atoms with Crippen LogP contribution in [-0.2, 0) is 25.6 Å². The van der Waals surface area contributed by atoms with Crippen LogP contribution in [0, 0.1) is 23.6 Å². The minimum absolute atomic E-state index is 0.00464. The number of aliphatic hydroxyl groups excluding tert-OH is 2. The Hall–Kier alpha value is -3.77. The van der Waals surface area contributed by atoms with Crippen LogP contribution < -0.4 is 11.1 Å². The van der Waals surface area contributed by atoms with E-state index in [9.17, 15) is 34.5 Å². The largest absolute Gasteiger partial charge is 0.510 e. The van der Waals surface area contributed by atoms with E-state index in [1.807, 2.05) is 9.80 Å². The number of Topliss-reactive ketones (excluding diaryl/α,β-unsaturated/α-hetero) is 2. The molecule has 0 aromatic heterocycles. The Balaban J connectivity index is 1.38. The van der Waals surface area contributed by atoms with Gasteiger partial charge in [0.15, 0.2) is 17.3 Å². The van der Waals surface area contributed by atoms with E-state index in [0.29, 0.717) is 13.1 Å². The molecule has 1 aromatic carbocycles. The second-order valence-electron chi connectivity index (χ2n) is 11.7. The van der Waals surface area contributed by atoms with Crippen LogP contribution in [0.15, 0.2) is 23.0 Å². The van der Waals surface area contributed by atoms with Crippen molar-refractivity contribution >= 4 is 34.8 Å². The van der Waals surface area contributed by atoms with Crippen molar-refractivity contribution in [2.45, 2.75) is 44.6 Å². The normalized spacial score (nSPS) is 28.5. The number of carbonyl (C=O) groups is 4. The van der Waals surface area contributed by atoms with E-state index < -0.39 is 75.8 Å². The molecule has 41 heavy (non-hydrogen) atoms. The highest BCUT2D eigenvalue weighted by Gasteiger charge is 2.56. The monoisotopic (exact) mass is 568 g/mol. The number of phenols is 1. The van der Waals surface area contributed by atoms with Gasteiger partial charge in [0.25, 0.3) is 5.91 Å². The Morgan fingerprint density at radius 3 is 2.34 bits per heavy atom. The van der Waals surface area contributed by atoms with Gasteiger partial charge >= 0.3 is 0 Å². The molecule has 2 amide bonds. The average Bonchev–Trinajstić information content (AvgIpc) is 3.61. The number of aromatic hydroxyl groups is 1. The van der Waals surface area contributed by atoms with Crippen molar-refractivity contribution in [1.82, 2.24) is 9.80 Å². The minimum atomic E-state index is -1.37. The number of primary amides is 1. The highest BCUT2D eigenvalue weighted by Crippen LogP contribution is 2.52. The lowest BCUT2D eigenvalue weighted by molar-refractivity contribution is -0.137. The number of nitrogens with one attached hydrogen (secondary N) is 1. The molecule has 0 radical (unpaired) electrons. The zero-order valence-electron chi connectivity index (χ0n) is 22.5. The Labute approximate surface area is 235 Å². The fraction of sp³-hybridized carbons (Fsp3) is 0.517. The molecule has 1 saturated carbocycles. The van der Waals surface area contributed by atoms with Crippen molar-refractivity contribution in [3.05, 3.63) is 39.9 Å². The van der Waals surface area contributed by atoms with Gasteiger partial charge in [-0.3, -0.25) is 29.0 Å². The quantitative estimate of drug-likeness (QED) is 0.201. The van der Waals surface area contributed by atoms with Gasteiger partial charge in [-0.25, -0.2) is 4.39 Å². The van der Waals surface area contributed by atoms with Gasteiger partial charge in [0, 0.05) is 17.2 Å². The van der Waals surface area contributed by atoms with Crippen LogP contribution in [0.3, 0.4) is 0 Å². The zero-order valence-corrected chi connectivity index (χ0v) is 22.5. The number of allylic oxidation sites excluding steroid dienone is 1. The first-order valence-corrected chi connectivity index (χ1v) is 14.1. The standard InChI is InChI=1S/C29H33FN4O7/c30-16-11-17(32-18(35)12-33-5-1-2-6-33)24(36)20-14(16)9-13-10-15-21(26(38)19(13)25(20)37)27(39)22(29(31)41)28(40)23(15)34-7-3-4-8-34/h11,13,15,21,23,36-37,40H,1-10,12H2,(H2,31,41)(H,32,35)/t13-,15+,21+,23-/m0/s1. The molecule has 4 atom stereocenters. The maximum atomic E-state index is 15.5. The molecule has 11 nitrogen and oxygen atoms in total. The number of rotatable bonds is 5. The number of phenolic OH excluding ortho intramolecular Hbond substituents is 1. The van der Waals surface area contributed by atoms with Crippen LogP contribution in [-0.4, -0.2) is 87.3 Å². The van der Waals surface area contributed by atoms with Crippen molar-refractivity contribution in [1.29, 1.82) is 0 Å². The molecule has 1 aromatic rings. The number of nitrogens with zero attached hydrogens (tertiary/aromatic N) is 2. The molecule has 218 valence electrons. The molecule has 6 rings (SSSR count). The molecule has 3 aliphatic carbocycles. The topological polar surface area (TPSA) is 173 Å². The van der Waals surface area contributed by atoms with Crippen LogP contribution in [0.4, 0.5) is 10.1 Å². The molecule has 2 saturated heterocycles. The average molecular weight is 569 g/mol. The second-order valence-corrected chi connectivity index (χ2v) is 11.7. The van der Waals surface area contributed by atoms with Crippen LogP contribution in [0.5, 0.6) is 5.75 Å². The van der Waals surface area contributed by atoms with E-state index in [-0.39, 0.29) is 41.8 Å². The summed E-state index contributed by atoms with van der Waals surface area (Å²) in [6, 6.07) is 0.218. The van der Waals surface area contributed by atoms with E-state index in [2.05, 4.69) is 5.32 Å². The van der Waals surface area contributed by atoms with Crippen molar-refractivity contribution < 1.29 is 38.9 Å². The Morgan fingerprint density at radius 1 is 1.02 bits per heavy atom. The van der Waals surface area contributed by atoms with Crippen molar-refractivity contribution in [2.24, 2.45) is 23.5 Å². The fourth-order valence-electron chi connectivity index (χ4n) is 7.55. The Morgan fingerprint density at radius 2 is 1.68 bits per heavy atom. The third kappa shape index (κ3) is 4.40. The summed E-state index contributed by atoms with van der Waals surface area (Å²) in [6.45, 7) is 2.79. The summed E-state index contributed by atoms with van der Waals surface area (Å²) in [7, 11) is 0. The predicted molar refractivity (Wildman–Crippen MR) is 144 cm³/mol. The smallest absolute Gasteiger partial charge is 0.255 e. The van der Waals surface area contributed by atoms with E-state index in [1.54, 1.807) is 0 Å². The van der Waals surface area contributed by atoms with E-state index >= 15 is 4.39 Å². The number of fused-ring (bicyclic) bond motifs is 3. The lowest BCUT2D eigenvalue weighted by Gasteiger charge is -2.46. The predicted octanol–water partition coefficient (Wildman–Crippen LogP) is 1.56. The van der Waals surface area contributed by atoms with Gasteiger partial charge in [0.2, 0.25) is 5.91 Å². The summed E-state index contributed by atoms with van der Waals surface area (Å²) >= 11 is 0. The first-order valence-electron chi connectivity index (χ1n) is 14.1. The molecule has 0 spiro atoms. The number of hydrogen-bond donors (Lipinski definition) is 5. The summed E-state index contributed by atoms with van der Waals surface area (Å²) < 4.78 is 15.5. The number of halogens is 1. The number of anilines is 1. The maximum Gasteiger partial charge on any atom is 0.255 e. The third-order valence-electron chi connectivity index (χ3n) is 9.33. The molecule has 2 aliphatic heterocycles. The van der Waals surface area contributed by atoms with Gasteiger partial charge in [-0.05, 0) is 76.5 Å². The van der Waals surface area contributed by atoms with Crippen LogP contribution in [0.25, 0.3) is 5.76 Å². The number of amides is 2. The lowest BCUT2D eigenvalue weighted by Crippen LogP contribution is -2.56. The van der Waals surface area contributed by atoms with Crippen LogP contribution in [0.2, 0.25) is 0 Å².